The maximum atomic E-state index is 12.5. The molecule has 0 aromatic carbocycles. The Morgan fingerprint density at radius 3 is 2.76 bits per heavy atom. The Morgan fingerprint density at radius 1 is 1.28 bits per heavy atom. The average molecular weight is 382 g/mol. The Balaban J connectivity index is 1.75. The first-order valence-electron chi connectivity index (χ1n) is 7.62. The van der Waals surface area contributed by atoms with Crippen molar-refractivity contribution in [2.24, 2.45) is 0 Å². The van der Waals surface area contributed by atoms with Gasteiger partial charge < -0.3 is 4.90 Å². The molecule has 0 saturated carbocycles. The molecule has 11 heteroatoms. The van der Waals surface area contributed by atoms with Crippen molar-refractivity contribution < 1.29 is 9.00 Å². The lowest BCUT2D eigenvalue weighted by atomic mass is 10.5. The number of hydrogen-bond acceptors (Lipinski definition) is 6. The molecule has 0 bridgehead atoms. The summed E-state index contributed by atoms with van der Waals surface area (Å²) in [7, 11) is -1.53. The van der Waals surface area contributed by atoms with Crippen LogP contribution < -0.4 is 0 Å². The fourth-order valence-electron chi connectivity index (χ4n) is 2.26. The number of aromatic nitrogens is 6. The number of amides is 1. The van der Waals surface area contributed by atoms with Gasteiger partial charge in [0.1, 0.15) is 11.5 Å². The Bertz CT molecular complexity index is 934. The summed E-state index contributed by atoms with van der Waals surface area (Å²) in [6, 6.07) is 3.05. The maximum Gasteiger partial charge on any atom is 0.346 e. The second-order valence-electron chi connectivity index (χ2n) is 5.11. The van der Waals surface area contributed by atoms with E-state index in [9.17, 15) is 9.00 Å². The standard InChI is InChI=1S/C14H16ClN7O2S/c1-3-20(4-2)14(23)22-9-16-13(19-22)25(24)8-10-7-21-12(17-10)6-5-11(15)18-21/h5-7,9H,3-4,8H2,1-2H3. The fourth-order valence-corrected chi connectivity index (χ4v) is 3.28. The number of halogens is 1. The van der Waals surface area contributed by atoms with Crippen molar-refractivity contribution in [3.63, 3.8) is 0 Å². The van der Waals surface area contributed by atoms with E-state index < -0.39 is 10.8 Å². The Morgan fingerprint density at radius 2 is 2.04 bits per heavy atom. The molecule has 0 aliphatic heterocycles. The van der Waals surface area contributed by atoms with Gasteiger partial charge in [0.2, 0.25) is 5.16 Å². The zero-order valence-corrected chi connectivity index (χ0v) is 15.2. The number of imidazole rings is 1. The number of fused-ring (bicyclic) bond motifs is 1. The third kappa shape index (κ3) is 3.69. The molecule has 1 atom stereocenters. The van der Waals surface area contributed by atoms with Gasteiger partial charge in [-0.25, -0.2) is 19.3 Å². The van der Waals surface area contributed by atoms with Gasteiger partial charge in [-0.1, -0.05) is 11.6 Å². The van der Waals surface area contributed by atoms with Crippen LogP contribution in [0.15, 0.2) is 29.8 Å². The van der Waals surface area contributed by atoms with Gasteiger partial charge in [-0.05, 0) is 26.0 Å². The van der Waals surface area contributed by atoms with Gasteiger partial charge in [-0.3, -0.25) is 4.21 Å². The zero-order valence-electron chi connectivity index (χ0n) is 13.7. The maximum absolute atomic E-state index is 12.5. The molecule has 0 fully saturated rings. The minimum atomic E-state index is -1.53. The molecular weight excluding hydrogens is 366 g/mol. The van der Waals surface area contributed by atoms with E-state index in [4.69, 9.17) is 11.6 Å². The smallest absolute Gasteiger partial charge is 0.323 e. The summed E-state index contributed by atoms with van der Waals surface area (Å²) >= 11 is 5.83. The average Bonchev–Trinajstić information content (AvgIpc) is 3.22. The van der Waals surface area contributed by atoms with Crippen molar-refractivity contribution in [2.45, 2.75) is 24.8 Å². The van der Waals surface area contributed by atoms with E-state index in [0.29, 0.717) is 29.6 Å². The van der Waals surface area contributed by atoms with E-state index in [1.165, 1.54) is 10.8 Å². The summed E-state index contributed by atoms with van der Waals surface area (Å²) in [4.78, 5) is 22.1. The van der Waals surface area contributed by atoms with E-state index in [-0.39, 0.29) is 16.9 Å². The lowest BCUT2D eigenvalue weighted by Crippen LogP contribution is -2.34. The zero-order chi connectivity index (χ0) is 18.0. The lowest BCUT2D eigenvalue weighted by molar-refractivity contribution is 0.201. The largest absolute Gasteiger partial charge is 0.346 e. The molecule has 0 N–H and O–H groups in total. The second kappa shape index (κ2) is 7.28. The minimum Gasteiger partial charge on any atom is -0.323 e. The SMILES string of the molecule is CCN(CC)C(=O)n1cnc(S(=O)Cc2cn3nc(Cl)ccc3n2)n1. The van der Waals surface area contributed by atoms with E-state index in [1.807, 2.05) is 13.8 Å². The van der Waals surface area contributed by atoms with E-state index in [0.717, 1.165) is 4.68 Å². The van der Waals surface area contributed by atoms with Crippen molar-refractivity contribution in [1.29, 1.82) is 0 Å². The molecule has 1 unspecified atom stereocenters. The molecule has 1 amide bonds. The summed E-state index contributed by atoms with van der Waals surface area (Å²) < 4.78 is 15.1. The Kier molecular flexibility index (Phi) is 5.09. The van der Waals surface area contributed by atoms with Crippen LogP contribution >= 0.6 is 11.6 Å². The molecule has 25 heavy (non-hydrogen) atoms. The summed E-state index contributed by atoms with van der Waals surface area (Å²) in [6.07, 6.45) is 2.93. The van der Waals surface area contributed by atoms with Crippen LogP contribution in [-0.4, -0.2) is 57.6 Å². The molecule has 3 aromatic heterocycles. The van der Waals surface area contributed by atoms with E-state index in [1.54, 1.807) is 23.2 Å². The molecule has 0 radical (unpaired) electrons. The highest BCUT2D eigenvalue weighted by molar-refractivity contribution is 7.84. The molecule has 132 valence electrons. The topological polar surface area (TPSA) is 98.3 Å². The van der Waals surface area contributed by atoms with Gasteiger partial charge in [-0.2, -0.15) is 9.78 Å². The predicted molar refractivity (Wildman–Crippen MR) is 91.8 cm³/mol. The van der Waals surface area contributed by atoms with Crippen LogP contribution in [0.25, 0.3) is 5.65 Å². The predicted octanol–water partition coefficient (Wildman–Crippen LogP) is 1.59. The van der Waals surface area contributed by atoms with Crippen LogP contribution in [0.5, 0.6) is 0 Å². The van der Waals surface area contributed by atoms with Crippen LogP contribution in [0.1, 0.15) is 19.5 Å². The summed E-state index contributed by atoms with van der Waals surface area (Å²) in [5, 5.41) is 8.54. The van der Waals surface area contributed by atoms with Crippen LogP contribution in [0, 0.1) is 0 Å². The van der Waals surface area contributed by atoms with Crippen LogP contribution in [-0.2, 0) is 16.6 Å². The van der Waals surface area contributed by atoms with Crippen LogP contribution in [0.4, 0.5) is 4.79 Å². The quantitative estimate of drug-likeness (QED) is 0.665. The molecule has 3 heterocycles. The first kappa shape index (κ1) is 17.5. The monoisotopic (exact) mass is 381 g/mol. The molecule has 0 saturated heterocycles. The van der Waals surface area contributed by atoms with Crippen molar-refractivity contribution in [3.8, 4) is 0 Å². The minimum absolute atomic E-state index is 0.0866. The lowest BCUT2D eigenvalue weighted by Gasteiger charge is -2.17. The van der Waals surface area contributed by atoms with Gasteiger partial charge >= 0.3 is 6.03 Å². The van der Waals surface area contributed by atoms with E-state index in [2.05, 4.69) is 20.2 Å². The molecule has 3 rings (SSSR count). The third-order valence-corrected chi connectivity index (χ3v) is 4.87. The highest BCUT2D eigenvalue weighted by Gasteiger charge is 2.18. The van der Waals surface area contributed by atoms with Crippen LogP contribution in [0.3, 0.4) is 0 Å². The number of hydrogen-bond donors (Lipinski definition) is 0. The highest BCUT2D eigenvalue weighted by atomic mass is 35.5. The molecule has 9 nitrogen and oxygen atoms in total. The number of nitrogens with zero attached hydrogens (tertiary/aromatic N) is 7. The van der Waals surface area contributed by atoms with Gasteiger partial charge in [0.15, 0.2) is 5.65 Å². The summed E-state index contributed by atoms with van der Waals surface area (Å²) in [5.41, 5.74) is 1.17. The van der Waals surface area contributed by atoms with Crippen molar-refractivity contribution in [3.05, 3.63) is 35.5 Å². The summed E-state index contributed by atoms with van der Waals surface area (Å²) in [5.74, 6) is 0.116. The van der Waals surface area contributed by atoms with Crippen molar-refractivity contribution >= 4 is 34.1 Å². The first-order chi connectivity index (χ1) is 12.0. The number of carbonyl (C=O) groups is 1. The van der Waals surface area contributed by atoms with Gasteiger partial charge in [0.05, 0.1) is 28.4 Å². The highest BCUT2D eigenvalue weighted by Crippen LogP contribution is 2.11. The fraction of sp³-hybridized carbons (Fsp3) is 0.357. The van der Waals surface area contributed by atoms with Crippen LogP contribution in [0.2, 0.25) is 5.15 Å². The molecule has 0 aliphatic carbocycles. The van der Waals surface area contributed by atoms with Crippen molar-refractivity contribution in [1.82, 2.24) is 34.3 Å². The Labute approximate surface area is 151 Å². The third-order valence-electron chi connectivity index (χ3n) is 3.52. The molecule has 3 aromatic rings. The van der Waals surface area contributed by atoms with E-state index >= 15 is 0 Å². The molecular formula is C14H16ClN7O2S. The number of rotatable bonds is 5. The Hall–Kier alpha value is -2.33. The molecule has 0 spiro atoms. The normalized spacial score (nSPS) is 12.4. The summed E-state index contributed by atoms with van der Waals surface area (Å²) in [6.45, 7) is 4.87. The van der Waals surface area contributed by atoms with Crippen molar-refractivity contribution in [2.75, 3.05) is 13.1 Å². The second-order valence-corrected chi connectivity index (χ2v) is 6.84. The van der Waals surface area contributed by atoms with Gasteiger partial charge in [0, 0.05) is 13.1 Å². The van der Waals surface area contributed by atoms with Gasteiger partial charge in [-0.15, -0.1) is 5.10 Å². The van der Waals surface area contributed by atoms with Gasteiger partial charge in [0.25, 0.3) is 0 Å². The number of carbonyl (C=O) groups excluding carboxylic acids is 1. The first-order valence-corrected chi connectivity index (χ1v) is 9.31. The molecule has 0 aliphatic rings.